The van der Waals surface area contributed by atoms with Crippen LogP contribution in [0, 0.1) is 12.7 Å². The first-order valence-corrected chi connectivity index (χ1v) is 5.96. The molecule has 4 heteroatoms. The number of benzene rings is 2. The lowest BCUT2D eigenvalue weighted by Crippen LogP contribution is -2.28. The predicted octanol–water partition coefficient (Wildman–Crippen LogP) is 3.34. The molecular formula is C14H14ClFN2. The van der Waals surface area contributed by atoms with Crippen LogP contribution in [-0.2, 0) is 0 Å². The van der Waals surface area contributed by atoms with Crippen LogP contribution in [0.15, 0.2) is 42.5 Å². The Morgan fingerprint density at radius 3 is 2.33 bits per heavy atom. The fourth-order valence-corrected chi connectivity index (χ4v) is 2.10. The van der Waals surface area contributed by atoms with Crippen molar-refractivity contribution in [3.8, 4) is 0 Å². The average molecular weight is 265 g/mol. The van der Waals surface area contributed by atoms with Gasteiger partial charge in [0.2, 0.25) is 0 Å². The average Bonchev–Trinajstić information content (AvgIpc) is 2.31. The summed E-state index contributed by atoms with van der Waals surface area (Å²) in [6, 6.07) is 11.9. The van der Waals surface area contributed by atoms with Crippen molar-refractivity contribution in [2.24, 2.45) is 5.84 Å². The molecule has 1 unspecified atom stereocenters. The SMILES string of the molecule is Cc1cc(F)cc(C(NN)c2ccc(Cl)cc2)c1. The molecule has 2 aromatic rings. The van der Waals surface area contributed by atoms with E-state index in [-0.39, 0.29) is 11.9 Å². The highest BCUT2D eigenvalue weighted by Gasteiger charge is 2.13. The molecule has 0 radical (unpaired) electrons. The van der Waals surface area contributed by atoms with E-state index in [1.807, 2.05) is 25.1 Å². The zero-order valence-corrected chi connectivity index (χ0v) is 10.7. The predicted molar refractivity (Wildman–Crippen MR) is 71.8 cm³/mol. The van der Waals surface area contributed by atoms with E-state index in [4.69, 9.17) is 17.4 Å². The topological polar surface area (TPSA) is 38.0 Å². The van der Waals surface area contributed by atoms with Crippen LogP contribution >= 0.6 is 11.6 Å². The molecule has 18 heavy (non-hydrogen) atoms. The van der Waals surface area contributed by atoms with Gasteiger partial charge in [0.05, 0.1) is 6.04 Å². The Bertz CT molecular complexity index is 520. The van der Waals surface area contributed by atoms with E-state index in [2.05, 4.69) is 5.43 Å². The van der Waals surface area contributed by atoms with Crippen molar-refractivity contribution in [1.82, 2.24) is 5.43 Å². The molecular weight excluding hydrogens is 251 g/mol. The van der Waals surface area contributed by atoms with E-state index in [1.165, 1.54) is 12.1 Å². The van der Waals surface area contributed by atoms with Crippen LogP contribution in [0.3, 0.4) is 0 Å². The lowest BCUT2D eigenvalue weighted by atomic mass is 9.98. The standard InChI is InChI=1S/C14H14ClFN2/c1-9-6-11(8-13(16)7-9)14(18-17)10-2-4-12(15)5-3-10/h2-8,14,18H,17H2,1H3. The Kier molecular flexibility index (Phi) is 3.97. The van der Waals surface area contributed by atoms with E-state index in [0.29, 0.717) is 5.02 Å². The lowest BCUT2D eigenvalue weighted by molar-refractivity contribution is 0.604. The monoisotopic (exact) mass is 264 g/mol. The van der Waals surface area contributed by atoms with Crippen LogP contribution in [0.2, 0.25) is 5.02 Å². The van der Waals surface area contributed by atoms with Gasteiger partial charge in [-0.2, -0.15) is 0 Å². The van der Waals surface area contributed by atoms with Crippen molar-refractivity contribution in [3.63, 3.8) is 0 Å². The molecule has 0 aromatic heterocycles. The largest absolute Gasteiger partial charge is 0.271 e. The zero-order chi connectivity index (χ0) is 13.1. The molecule has 2 rings (SSSR count). The first-order chi connectivity index (χ1) is 8.60. The van der Waals surface area contributed by atoms with Gasteiger partial charge in [-0.1, -0.05) is 29.8 Å². The molecule has 0 aliphatic heterocycles. The van der Waals surface area contributed by atoms with Crippen molar-refractivity contribution >= 4 is 11.6 Å². The molecule has 0 aliphatic carbocycles. The van der Waals surface area contributed by atoms with Crippen LogP contribution in [0.4, 0.5) is 4.39 Å². The van der Waals surface area contributed by atoms with E-state index in [0.717, 1.165) is 16.7 Å². The van der Waals surface area contributed by atoms with Crippen molar-refractivity contribution in [1.29, 1.82) is 0 Å². The van der Waals surface area contributed by atoms with Gasteiger partial charge in [0.1, 0.15) is 5.82 Å². The molecule has 0 aliphatic rings. The molecule has 2 aromatic carbocycles. The zero-order valence-electron chi connectivity index (χ0n) is 9.95. The quantitative estimate of drug-likeness (QED) is 0.659. The molecule has 0 amide bonds. The van der Waals surface area contributed by atoms with Gasteiger partial charge in [-0.3, -0.25) is 5.84 Å². The maximum Gasteiger partial charge on any atom is 0.123 e. The van der Waals surface area contributed by atoms with Gasteiger partial charge in [-0.15, -0.1) is 0 Å². The Morgan fingerprint density at radius 2 is 1.78 bits per heavy atom. The van der Waals surface area contributed by atoms with Crippen LogP contribution < -0.4 is 11.3 Å². The van der Waals surface area contributed by atoms with E-state index in [9.17, 15) is 4.39 Å². The van der Waals surface area contributed by atoms with Gasteiger partial charge in [0.25, 0.3) is 0 Å². The molecule has 2 nitrogen and oxygen atoms in total. The maximum atomic E-state index is 13.4. The Labute approximate surface area is 111 Å². The summed E-state index contributed by atoms with van der Waals surface area (Å²) in [6.45, 7) is 1.85. The Balaban J connectivity index is 2.41. The minimum absolute atomic E-state index is 0.253. The van der Waals surface area contributed by atoms with Gasteiger partial charge < -0.3 is 0 Å². The number of hydrogen-bond acceptors (Lipinski definition) is 2. The summed E-state index contributed by atoms with van der Waals surface area (Å²) in [4.78, 5) is 0. The highest BCUT2D eigenvalue weighted by Crippen LogP contribution is 2.24. The number of hydrazine groups is 1. The number of halogens is 2. The molecule has 0 fully saturated rings. The first kappa shape index (κ1) is 13.0. The fourth-order valence-electron chi connectivity index (χ4n) is 1.97. The Morgan fingerprint density at radius 1 is 1.11 bits per heavy atom. The summed E-state index contributed by atoms with van der Waals surface area (Å²) >= 11 is 5.84. The number of nitrogens with one attached hydrogen (secondary N) is 1. The summed E-state index contributed by atoms with van der Waals surface area (Å²) < 4.78 is 13.4. The van der Waals surface area contributed by atoms with E-state index < -0.39 is 0 Å². The summed E-state index contributed by atoms with van der Waals surface area (Å²) in [5.41, 5.74) is 5.29. The number of nitrogens with two attached hydrogens (primary N) is 1. The lowest BCUT2D eigenvalue weighted by Gasteiger charge is -2.17. The summed E-state index contributed by atoms with van der Waals surface area (Å²) in [6.07, 6.45) is 0. The molecule has 1 atom stereocenters. The summed E-state index contributed by atoms with van der Waals surface area (Å²) in [5, 5.41) is 0.657. The van der Waals surface area contributed by atoms with Crippen molar-refractivity contribution in [3.05, 3.63) is 70.0 Å². The van der Waals surface area contributed by atoms with Gasteiger partial charge in [-0.05, 0) is 47.9 Å². The van der Waals surface area contributed by atoms with Gasteiger partial charge >= 0.3 is 0 Å². The van der Waals surface area contributed by atoms with Gasteiger partial charge in [-0.25, -0.2) is 9.82 Å². The highest BCUT2D eigenvalue weighted by atomic mass is 35.5. The normalized spacial score (nSPS) is 12.4. The van der Waals surface area contributed by atoms with Crippen LogP contribution in [-0.4, -0.2) is 0 Å². The molecule has 0 saturated heterocycles. The van der Waals surface area contributed by atoms with E-state index in [1.54, 1.807) is 12.1 Å². The second-order valence-corrected chi connectivity index (χ2v) is 4.65. The molecule has 3 N–H and O–H groups in total. The Hall–Kier alpha value is -1.42. The number of aryl methyl sites for hydroxylation is 1. The van der Waals surface area contributed by atoms with Gasteiger partial charge in [0, 0.05) is 5.02 Å². The fraction of sp³-hybridized carbons (Fsp3) is 0.143. The van der Waals surface area contributed by atoms with Crippen molar-refractivity contribution < 1.29 is 4.39 Å². The third-order valence-electron chi connectivity index (χ3n) is 2.77. The maximum absolute atomic E-state index is 13.4. The first-order valence-electron chi connectivity index (χ1n) is 5.59. The summed E-state index contributed by atoms with van der Waals surface area (Å²) in [7, 11) is 0. The second kappa shape index (κ2) is 5.48. The van der Waals surface area contributed by atoms with Gasteiger partial charge in [0.15, 0.2) is 0 Å². The van der Waals surface area contributed by atoms with Crippen molar-refractivity contribution in [2.45, 2.75) is 13.0 Å². The molecule has 94 valence electrons. The highest BCUT2D eigenvalue weighted by molar-refractivity contribution is 6.30. The molecule has 0 heterocycles. The molecule has 0 spiro atoms. The third-order valence-corrected chi connectivity index (χ3v) is 3.02. The smallest absolute Gasteiger partial charge is 0.123 e. The van der Waals surface area contributed by atoms with E-state index >= 15 is 0 Å². The number of hydrogen-bond donors (Lipinski definition) is 2. The number of rotatable bonds is 3. The van der Waals surface area contributed by atoms with Crippen LogP contribution in [0.5, 0.6) is 0 Å². The minimum Gasteiger partial charge on any atom is -0.271 e. The minimum atomic E-state index is -0.265. The van der Waals surface area contributed by atoms with Crippen LogP contribution in [0.1, 0.15) is 22.7 Å². The third kappa shape index (κ3) is 2.88. The molecule has 0 saturated carbocycles. The second-order valence-electron chi connectivity index (χ2n) is 4.21. The summed E-state index contributed by atoms with van der Waals surface area (Å²) in [5.74, 6) is 5.30. The van der Waals surface area contributed by atoms with Crippen LogP contribution in [0.25, 0.3) is 0 Å². The molecule has 0 bridgehead atoms. The van der Waals surface area contributed by atoms with Crippen molar-refractivity contribution in [2.75, 3.05) is 0 Å².